The van der Waals surface area contributed by atoms with Gasteiger partial charge in [-0.25, -0.2) is 14.8 Å². The number of fused-ring (bicyclic) bond motifs is 1. The van der Waals surface area contributed by atoms with E-state index in [1.165, 1.54) is 0 Å². The highest BCUT2D eigenvalue weighted by Crippen LogP contribution is 2.25. The normalized spacial score (nSPS) is 11.0. The number of pyridine rings is 1. The monoisotopic (exact) mass is 297 g/mol. The molecule has 3 heterocycles. The minimum Gasteiger partial charge on any atom is -0.459 e. The van der Waals surface area contributed by atoms with Gasteiger partial charge in [-0.1, -0.05) is 13.8 Å². The van der Waals surface area contributed by atoms with Crippen molar-refractivity contribution < 1.29 is 9.21 Å². The summed E-state index contributed by atoms with van der Waals surface area (Å²) in [7, 11) is 0. The van der Waals surface area contributed by atoms with Crippen LogP contribution in [-0.2, 0) is 0 Å². The third-order valence-corrected chi connectivity index (χ3v) is 3.11. The number of anilines is 1. The Balaban J connectivity index is 2.01. The number of amides is 2. The first kappa shape index (κ1) is 14.0. The number of hydrogen-bond donors (Lipinski definition) is 2. The fraction of sp³-hybridized carbons (Fsp3) is 0.200. The van der Waals surface area contributed by atoms with Crippen molar-refractivity contribution in [2.45, 2.75) is 19.8 Å². The van der Waals surface area contributed by atoms with Crippen LogP contribution in [0.1, 0.15) is 25.5 Å². The number of hydrogen-bond acceptors (Lipinski definition) is 5. The van der Waals surface area contributed by atoms with Gasteiger partial charge in [0.2, 0.25) is 0 Å². The van der Waals surface area contributed by atoms with E-state index < -0.39 is 6.03 Å². The first-order valence-electron chi connectivity index (χ1n) is 6.83. The van der Waals surface area contributed by atoms with Crippen LogP contribution >= 0.6 is 0 Å². The van der Waals surface area contributed by atoms with Crippen molar-refractivity contribution >= 4 is 23.0 Å². The summed E-state index contributed by atoms with van der Waals surface area (Å²) < 4.78 is 5.75. The third-order valence-electron chi connectivity index (χ3n) is 3.11. The van der Waals surface area contributed by atoms with E-state index in [2.05, 4.69) is 34.1 Å². The lowest BCUT2D eigenvalue weighted by Crippen LogP contribution is -2.20. The first-order chi connectivity index (χ1) is 10.5. The van der Waals surface area contributed by atoms with Crippen LogP contribution in [0.3, 0.4) is 0 Å². The maximum atomic E-state index is 10.9. The number of nitrogens with one attached hydrogen (secondary N) is 1. The number of urea groups is 1. The molecule has 7 nitrogen and oxygen atoms in total. The molecule has 3 aromatic heterocycles. The topological polar surface area (TPSA) is 107 Å². The van der Waals surface area contributed by atoms with Gasteiger partial charge in [0.25, 0.3) is 0 Å². The van der Waals surface area contributed by atoms with Crippen molar-refractivity contribution in [3.8, 4) is 11.5 Å². The van der Waals surface area contributed by atoms with Crippen LogP contribution in [0.25, 0.3) is 22.6 Å². The number of carbonyl (C=O) groups is 1. The van der Waals surface area contributed by atoms with E-state index in [-0.39, 0.29) is 0 Å². The van der Waals surface area contributed by atoms with Crippen molar-refractivity contribution in [3.05, 3.63) is 36.2 Å². The van der Waals surface area contributed by atoms with E-state index in [0.29, 0.717) is 34.4 Å². The molecule has 2 amide bonds. The SMILES string of the molecule is CC(C)c1ccc(-c2cnc3ccc(NC(N)=O)nc3n2)o1. The zero-order valence-electron chi connectivity index (χ0n) is 12.2. The maximum absolute atomic E-state index is 10.9. The Morgan fingerprint density at radius 2 is 2.05 bits per heavy atom. The van der Waals surface area contributed by atoms with Crippen LogP contribution in [0.5, 0.6) is 0 Å². The lowest BCUT2D eigenvalue weighted by atomic mass is 10.2. The molecular formula is C15H15N5O2. The fourth-order valence-electron chi connectivity index (χ4n) is 2.01. The second-order valence-electron chi connectivity index (χ2n) is 5.14. The number of aromatic nitrogens is 3. The highest BCUT2D eigenvalue weighted by atomic mass is 16.3. The van der Waals surface area contributed by atoms with E-state index in [0.717, 1.165) is 5.76 Å². The predicted octanol–water partition coefficient (Wildman–Crippen LogP) is 2.90. The van der Waals surface area contributed by atoms with Gasteiger partial charge in [-0.2, -0.15) is 0 Å². The van der Waals surface area contributed by atoms with Gasteiger partial charge in [0.1, 0.15) is 22.8 Å². The molecule has 0 saturated heterocycles. The summed E-state index contributed by atoms with van der Waals surface area (Å²) in [5.41, 5.74) is 6.69. The van der Waals surface area contributed by atoms with Gasteiger partial charge < -0.3 is 10.2 Å². The summed E-state index contributed by atoms with van der Waals surface area (Å²) >= 11 is 0. The minimum absolute atomic E-state index is 0.298. The van der Waals surface area contributed by atoms with Gasteiger partial charge in [-0.15, -0.1) is 0 Å². The predicted molar refractivity (Wildman–Crippen MR) is 82.3 cm³/mol. The Kier molecular flexibility index (Phi) is 3.46. The smallest absolute Gasteiger partial charge is 0.317 e. The summed E-state index contributed by atoms with van der Waals surface area (Å²) in [6.07, 6.45) is 1.63. The number of furan rings is 1. The molecule has 3 N–H and O–H groups in total. The molecule has 0 atom stereocenters. The summed E-state index contributed by atoms with van der Waals surface area (Å²) in [6.45, 7) is 4.11. The summed E-state index contributed by atoms with van der Waals surface area (Å²) in [5, 5.41) is 2.41. The van der Waals surface area contributed by atoms with Crippen LogP contribution in [0.4, 0.5) is 10.6 Å². The molecule has 0 saturated carbocycles. The van der Waals surface area contributed by atoms with Crippen LogP contribution in [0.15, 0.2) is 34.9 Å². The van der Waals surface area contributed by atoms with Gasteiger partial charge >= 0.3 is 6.03 Å². The van der Waals surface area contributed by atoms with Crippen LogP contribution in [0, 0.1) is 0 Å². The second-order valence-corrected chi connectivity index (χ2v) is 5.14. The van der Waals surface area contributed by atoms with Crippen molar-refractivity contribution in [2.75, 3.05) is 5.32 Å². The molecule has 0 fully saturated rings. The highest BCUT2D eigenvalue weighted by Gasteiger charge is 2.11. The molecule has 3 aromatic rings. The summed E-state index contributed by atoms with van der Waals surface area (Å²) in [6, 6.07) is 6.43. The molecule has 0 aliphatic rings. The van der Waals surface area contributed by atoms with Gasteiger partial charge in [0.05, 0.1) is 6.20 Å². The van der Waals surface area contributed by atoms with Crippen molar-refractivity contribution in [3.63, 3.8) is 0 Å². The molecule has 0 radical (unpaired) electrons. The van der Waals surface area contributed by atoms with Crippen molar-refractivity contribution in [2.24, 2.45) is 5.73 Å². The molecule has 3 rings (SSSR count). The molecule has 0 aliphatic heterocycles. The van der Waals surface area contributed by atoms with E-state index in [1.807, 2.05) is 12.1 Å². The van der Waals surface area contributed by atoms with Gasteiger partial charge in [-0.3, -0.25) is 10.3 Å². The Labute approximate surface area is 126 Å². The van der Waals surface area contributed by atoms with E-state index >= 15 is 0 Å². The summed E-state index contributed by atoms with van der Waals surface area (Å²) in [5.74, 6) is 2.14. The number of carbonyl (C=O) groups excluding carboxylic acids is 1. The average Bonchev–Trinajstić information content (AvgIpc) is 2.96. The van der Waals surface area contributed by atoms with Crippen LogP contribution in [-0.4, -0.2) is 21.0 Å². The molecule has 0 aliphatic carbocycles. The molecule has 0 aromatic carbocycles. The molecule has 0 bridgehead atoms. The van der Waals surface area contributed by atoms with Gasteiger partial charge in [0, 0.05) is 5.92 Å². The molecule has 7 heteroatoms. The zero-order chi connectivity index (χ0) is 15.7. The molecule has 0 unspecified atom stereocenters. The van der Waals surface area contributed by atoms with Crippen LogP contribution in [0.2, 0.25) is 0 Å². The number of nitrogens with two attached hydrogens (primary N) is 1. The highest BCUT2D eigenvalue weighted by molar-refractivity contribution is 5.88. The number of rotatable bonds is 3. The molecule has 0 spiro atoms. The standard InChI is InChI=1S/C15H15N5O2/c1-8(2)11-4-5-12(22-11)10-7-17-9-3-6-13(20-15(16)21)19-14(9)18-10/h3-8H,1-2H3,(H3,16,18,19,20,21). The zero-order valence-corrected chi connectivity index (χ0v) is 12.2. The Morgan fingerprint density at radius 3 is 2.73 bits per heavy atom. The molecule has 22 heavy (non-hydrogen) atoms. The van der Waals surface area contributed by atoms with Gasteiger partial charge in [0.15, 0.2) is 11.4 Å². The van der Waals surface area contributed by atoms with E-state index in [9.17, 15) is 4.79 Å². The largest absolute Gasteiger partial charge is 0.459 e. The molecular weight excluding hydrogens is 282 g/mol. The van der Waals surface area contributed by atoms with Crippen molar-refractivity contribution in [1.82, 2.24) is 15.0 Å². The second kappa shape index (κ2) is 5.44. The Bertz CT molecular complexity index is 841. The maximum Gasteiger partial charge on any atom is 0.317 e. The van der Waals surface area contributed by atoms with Crippen LogP contribution < -0.4 is 11.1 Å². The third kappa shape index (κ3) is 2.73. The lowest BCUT2D eigenvalue weighted by molar-refractivity contribution is 0.259. The van der Waals surface area contributed by atoms with Gasteiger partial charge in [-0.05, 0) is 24.3 Å². The number of primary amides is 1. The summed E-state index contributed by atoms with van der Waals surface area (Å²) in [4.78, 5) is 23.8. The Hall–Kier alpha value is -2.96. The first-order valence-corrected chi connectivity index (χ1v) is 6.83. The van der Waals surface area contributed by atoms with E-state index in [4.69, 9.17) is 10.2 Å². The molecule has 112 valence electrons. The lowest BCUT2D eigenvalue weighted by Gasteiger charge is -2.03. The Morgan fingerprint density at radius 1 is 1.23 bits per heavy atom. The fourth-order valence-corrected chi connectivity index (χ4v) is 2.01. The minimum atomic E-state index is -0.677. The quantitative estimate of drug-likeness (QED) is 0.773. The van der Waals surface area contributed by atoms with E-state index in [1.54, 1.807) is 18.3 Å². The van der Waals surface area contributed by atoms with Crippen molar-refractivity contribution in [1.29, 1.82) is 0 Å². The average molecular weight is 297 g/mol. The number of nitrogens with zero attached hydrogens (tertiary/aromatic N) is 3.